The van der Waals surface area contributed by atoms with Crippen molar-refractivity contribution in [2.75, 3.05) is 6.54 Å². The lowest BCUT2D eigenvalue weighted by molar-refractivity contribution is 1.30. The number of hydrogen-bond acceptors (Lipinski definition) is 1. The monoisotopic (exact) mass is 191 g/mol. The van der Waals surface area contributed by atoms with Crippen molar-refractivity contribution in [3.8, 4) is 11.8 Å². The fraction of sp³-hybridized carbons (Fsp3) is 0.182. The maximum absolute atomic E-state index is 5.91. The molecule has 0 unspecified atom stereocenters. The van der Waals surface area contributed by atoms with Crippen molar-refractivity contribution in [3.63, 3.8) is 0 Å². The smallest absolute Gasteiger partial charge is 0.0997 e. The summed E-state index contributed by atoms with van der Waals surface area (Å²) in [5.41, 5.74) is 0.932. The van der Waals surface area contributed by atoms with E-state index >= 15 is 0 Å². The fourth-order valence-corrected chi connectivity index (χ4v) is 1.03. The van der Waals surface area contributed by atoms with E-state index in [-0.39, 0.29) is 0 Å². The van der Waals surface area contributed by atoms with E-state index in [1.54, 1.807) is 13.1 Å². The van der Waals surface area contributed by atoms with Gasteiger partial charge in [0.2, 0.25) is 0 Å². The summed E-state index contributed by atoms with van der Waals surface area (Å²) < 4.78 is 0. The highest BCUT2D eigenvalue weighted by atomic mass is 35.5. The molecule has 0 aliphatic rings. The van der Waals surface area contributed by atoms with Gasteiger partial charge in [-0.05, 0) is 13.0 Å². The van der Waals surface area contributed by atoms with Crippen molar-refractivity contribution in [2.24, 2.45) is 4.99 Å². The zero-order chi connectivity index (χ0) is 9.52. The number of nitrogens with zero attached hydrogens (tertiary/aromatic N) is 1. The van der Waals surface area contributed by atoms with Gasteiger partial charge >= 0.3 is 0 Å². The van der Waals surface area contributed by atoms with E-state index in [9.17, 15) is 0 Å². The molecule has 0 aliphatic carbocycles. The predicted molar refractivity (Wildman–Crippen MR) is 57.4 cm³/mol. The van der Waals surface area contributed by atoms with Gasteiger partial charge in [-0.3, -0.25) is 4.99 Å². The number of benzene rings is 1. The van der Waals surface area contributed by atoms with Crippen LogP contribution in [0.2, 0.25) is 5.02 Å². The minimum Gasteiger partial charge on any atom is -0.280 e. The Labute approximate surface area is 83.5 Å². The van der Waals surface area contributed by atoms with Crippen LogP contribution in [-0.2, 0) is 0 Å². The topological polar surface area (TPSA) is 12.4 Å². The highest BCUT2D eigenvalue weighted by molar-refractivity contribution is 6.33. The lowest BCUT2D eigenvalue weighted by Gasteiger charge is -1.94. The second-order valence-electron chi connectivity index (χ2n) is 2.42. The quantitative estimate of drug-likeness (QED) is 0.504. The van der Waals surface area contributed by atoms with Crippen molar-refractivity contribution in [1.82, 2.24) is 0 Å². The standard InChI is InChI=1S/C11H10ClN/c1-2-3-8-13-9-10-6-4-5-7-11(10)12/h4-7,9H,8H2,1H3/b13-9+. The summed E-state index contributed by atoms with van der Waals surface area (Å²) >= 11 is 5.91. The van der Waals surface area contributed by atoms with Crippen LogP contribution in [0.25, 0.3) is 0 Å². The van der Waals surface area contributed by atoms with E-state index in [0.29, 0.717) is 6.54 Å². The molecular formula is C11H10ClN. The minimum atomic E-state index is 0.529. The maximum atomic E-state index is 5.91. The zero-order valence-corrected chi connectivity index (χ0v) is 8.17. The molecule has 0 fully saturated rings. The Balaban J connectivity index is 2.67. The van der Waals surface area contributed by atoms with Gasteiger partial charge < -0.3 is 0 Å². The van der Waals surface area contributed by atoms with Crippen LogP contribution in [-0.4, -0.2) is 12.8 Å². The van der Waals surface area contributed by atoms with Gasteiger partial charge in [-0.25, -0.2) is 0 Å². The van der Waals surface area contributed by atoms with Crippen molar-refractivity contribution in [1.29, 1.82) is 0 Å². The van der Waals surface area contributed by atoms with Gasteiger partial charge in [-0.15, -0.1) is 5.92 Å². The molecule has 0 aliphatic heterocycles. The summed E-state index contributed by atoms with van der Waals surface area (Å²) in [4.78, 5) is 4.11. The first kappa shape index (κ1) is 9.83. The molecule has 66 valence electrons. The molecule has 1 aromatic carbocycles. The largest absolute Gasteiger partial charge is 0.280 e. The molecule has 0 bridgehead atoms. The lowest BCUT2D eigenvalue weighted by Crippen LogP contribution is -1.83. The normalized spacial score (nSPS) is 9.69. The van der Waals surface area contributed by atoms with Crippen molar-refractivity contribution >= 4 is 17.8 Å². The molecule has 0 heterocycles. The fourth-order valence-electron chi connectivity index (χ4n) is 0.848. The van der Waals surface area contributed by atoms with Crippen molar-refractivity contribution in [2.45, 2.75) is 6.92 Å². The van der Waals surface area contributed by atoms with E-state index in [1.165, 1.54) is 0 Å². The lowest BCUT2D eigenvalue weighted by atomic mass is 10.2. The number of halogens is 1. The second kappa shape index (κ2) is 5.40. The van der Waals surface area contributed by atoms with E-state index in [0.717, 1.165) is 10.6 Å². The summed E-state index contributed by atoms with van der Waals surface area (Å²) in [5.74, 6) is 5.62. The van der Waals surface area contributed by atoms with Crippen LogP contribution in [0.5, 0.6) is 0 Å². The molecule has 13 heavy (non-hydrogen) atoms. The van der Waals surface area contributed by atoms with Crippen LogP contribution >= 0.6 is 11.6 Å². The van der Waals surface area contributed by atoms with Crippen LogP contribution in [0.3, 0.4) is 0 Å². The minimum absolute atomic E-state index is 0.529. The SMILES string of the molecule is CC#CC/N=C/c1ccccc1Cl. The molecule has 1 aromatic rings. The molecule has 2 heteroatoms. The molecular weight excluding hydrogens is 182 g/mol. The highest BCUT2D eigenvalue weighted by Gasteiger charge is 1.92. The Morgan fingerprint density at radius 3 is 2.92 bits per heavy atom. The van der Waals surface area contributed by atoms with Gasteiger partial charge in [0.15, 0.2) is 0 Å². The van der Waals surface area contributed by atoms with E-state index in [2.05, 4.69) is 16.8 Å². The first-order valence-electron chi connectivity index (χ1n) is 3.98. The molecule has 0 N–H and O–H groups in total. The number of aliphatic imine (C=N–C) groups is 1. The number of rotatable bonds is 2. The Kier molecular flexibility index (Phi) is 4.08. The summed E-state index contributed by atoms with van der Waals surface area (Å²) in [6.07, 6.45) is 1.74. The van der Waals surface area contributed by atoms with Crippen LogP contribution in [0.4, 0.5) is 0 Å². The second-order valence-corrected chi connectivity index (χ2v) is 2.83. The van der Waals surface area contributed by atoms with Crippen molar-refractivity contribution < 1.29 is 0 Å². The maximum Gasteiger partial charge on any atom is 0.0997 e. The third kappa shape index (κ3) is 3.31. The summed E-state index contributed by atoms with van der Waals surface area (Å²) in [6.45, 7) is 2.33. The molecule has 0 radical (unpaired) electrons. The molecule has 0 saturated carbocycles. The van der Waals surface area contributed by atoms with Gasteiger partial charge in [0, 0.05) is 16.8 Å². The van der Waals surface area contributed by atoms with Gasteiger partial charge in [-0.1, -0.05) is 35.7 Å². The Bertz CT molecular complexity index is 358. The van der Waals surface area contributed by atoms with Gasteiger partial charge in [-0.2, -0.15) is 0 Å². The third-order valence-corrected chi connectivity index (χ3v) is 1.83. The van der Waals surface area contributed by atoms with Crippen LogP contribution in [0.1, 0.15) is 12.5 Å². The zero-order valence-electron chi connectivity index (χ0n) is 7.42. The van der Waals surface area contributed by atoms with Crippen LogP contribution in [0.15, 0.2) is 29.3 Å². The Morgan fingerprint density at radius 1 is 1.46 bits per heavy atom. The van der Waals surface area contributed by atoms with Gasteiger partial charge in [0.25, 0.3) is 0 Å². The average Bonchev–Trinajstić information content (AvgIpc) is 2.15. The van der Waals surface area contributed by atoms with Crippen LogP contribution < -0.4 is 0 Å². The molecule has 0 amide bonds. The average molecular weight is 192 g/mol. The highest BCUT2D eigenvalue weighted by Crippen LogP contribution is 2.11. The van der Waals surface area contributed by atoms with Gasteiger partial charge in [0.1, 0.15) is 0 Å². The summed E-state index contributed by atoms with van der Waals surface area (Å²) in [7, 11) is 0. The molecule has 1 rings (SSSR count). The van der Waals surface area contributed by atoms with E-state index in [4.69, 9.17) is 11.6 Å². The van der Waals surface area contributed by atoms with Crippen LogP contribution in [0, 0.1) is 11.8 Å². The molecule has 0 atom stereocenters. The first-order chi connectivity index (χ1) is 6.34. The third-order valence-electron chi connectivity index (χ3n) is 1.48. The molecule has 1 nitrogen and oxygen atoms in total. The molecule has 0 spiro atoms. The number of hydrogen-bond donors (Lipinski definition) is 0. The summed E-state index contributed by atoms with van der Waals surface area (Å²) in [6, 6.07) is 7.59. The molecule has 0 saturated heterocycles. The Morgan fingerprint density at radius 2 is 2.23 bits per heavy atom. The first-order valence-corrected chi connectivity index (χ1v) is 4.36. The van der Waals surface area contributed by atoms with Gasteiger partial charge in [0.05, 0.1) is 6.54 Å². The summed E-state index contributed by atoms with van der Waals surface area (Å²) in [5, 5.41) is 0.718. The van der Waals surface area contributed by atoms with Crippen molar-refractivity contribution in [3.05, 3.63) is 34.9 Å². The van der Waals surface area contributed by atoms with E-state index in [1.807, 2.05) is 24.3 Å². The van der Waals surface area contributed by atoms with E-state index < -0.39 is 0 Å². The Hall–Kier alpha value is -1.26. The molecule has 0 aromatic heterocycles. The predicted octanol–water partition coefficient (Wildman–Crippen LogP) is 2.78.